The monoisotopic (exact) mass is 337 g/mol. The Kier molecular flexibility index (Phi) is 4.28. The Morgan fingerprint density at radius 1 is 1.22 bits per heavy atom. The number of fused-ring (bicyclic) bond motifs is 1. The summed E-state index contributed by atoms with van der Waals surface area (Å²) in [5, 5.41) is 2.19. The van der Waals surface area contributed by atoms with Crippen LogP contribution in [0.3, 0.4) is 0 Å². The van der Waals surface area contributed by atoms with Gasteiger partial charge in [-0.05, 0) is 25.0 Å². The van der Waals surface area contributed by atoms with Crippen molar-refractivity contribution in [3.8, 4) is 0 Å². The standard InChI is InChI=1S/C15H15N3O4.ClH/c1-15(6-5-10(19)17-14(15)22)18-12(20)9-4-2-3-8(7-16)11(9)13(18)21;/h2-4H,5-7,16H2,1H3,(H,17,19,22);1H. The first-order valence-electron chi connectivity index (χ1n) is 6.95. The molecule has 1 aromatic rings. The van der Waals surface area contributed by atoms with Crippen molar-refractivity contribution < 1.29 is 19.2 Å². The number of nitrogens with one attached hydrogen (secondary N) is 1. The summed E-state index contributed by atoms with van der Waals surface area (Å²) in [4.78, 5) is 49.8. The molecule has 0 spiro atoms. The molecule has 23 heavy (non-hydrogen) atoms. The third-order valence-electron chi connectivity index (χ3n) is 4.30. The van der Waals surface area contributed by atoms with Gasteiger partial charge in [0.1, 0.15) is 5.54 Å². The van der Waals surface area contributed by atoms with Crippen molar-refractivity contribution in [1.82, 2.24) is 10.2 Å². The minimum atomic E-state index is -1.37. The third-order valence-corrected chi connectivity index (χ3v) is 4.30. The number of nitrogens with zero attached hydrogens (tertiary/aromatic N) is 1. The lowest BCUT2D eigenvalue weighted by Gasteiger charge is -2.38. The number of amides is 4. The second-order valence-corrected chi connectivity index (χ2v) is 5.64. The summed E-state index contributed by atoms with van der Waals surface area (Å²) in [6.07, 6.45) is 0.195. The maximum Gasteiger partial charge on any atom is 0.262 e. The number of imide groups is 2. The van der Waals surface area contributed by atoms with Crippen molar-refractivity contribution in [2.45, 2.75) is 31.8 Å². The molecule has 1 aromatic carbocycles. The van der Waals surface area contributed by atoms with E-state index in [1.54, 1.807) is 18.2 Å². The molecule has 1 fully saturated rings. The Morgan fingerprint density at radius 2 is 1.91 bits per heavy atom. The highest BCUT2D eigenvalue weighted by atomic mass is 35.5. The van der Waals surface area contributed by atoms with Gasteiger partial charge in [-0.2, -0.15) is 0 Å². The van der Waals surface area contributed by atoms with Crippen molar-refractivity contribution in [3.05, 3.63) is 34.9 Å². The number of halogens is 1. The average Bonchev–Trinajstić information content (AvgIpc) is 2.76. The molecule has 4 amide bonds. The van der Waals surface area contributed by atoms with Crippen LogP contribution in [0, 0.1) is 0 Å². The van der Waals surface area contributed by atoms with Crippen molar-refractivity contribution in [2.24, 2.45) is 5.73 Å². The first-order valence-corrected chi connectivity index (χ1v) is 6.95. The molecule has 122 valence electrons. The Hall–Kier alpha value is -2.25. The fourth-order valence-corrected chi connectivity index (χ4v) is 2.98. The Balaban J connectivity index is 0.00000192. The minimum absolute atomic E-state index is 0. The maximum absolute atomic E-state index is 12.7. The van der Waals surface area contributed by atoms with Gasteiger partial charge in [0, 0.05) is 13.0 Å². The summed E-state index contributed by atoms with van der Waals surface area (Å²) in [5.74, 6) is -2.09. The van der Waals surface area contributed by atoms with Crippen molar-refractivity contribution in [2.75, 3.05) is 0 Å². The largest absolute Gasteiger partial charge is 0.326 e. The van der Waals surface area contributed by atoms with Gasteiger partial charge < -0.3 is 5.73 Å². The van der Waals surface area contributed by atoms with Crippen LogP contribution in [0.15, 0.2) is 18.2 Å². The lowest BCUT2D eigenvalue weighted by atomic mass is 9.89. The molecule has 2 aliphatic rings. The molecule has 1 saturated heterocycles. The van der Waals surface area contributed by atoms with Gasteiger partial charge in [-0.15, -0.1) is 12.4 Å². The zero-order valence-corrected chi connectivity index (χ0v) is 13.2. The van der Waals surface area contributed by atoms with Crippen LogP contribution in [-0.2, 0) is 16.1 Å². The molecule has 7 nitrogen and oxygen atoms in total. The third kappa shape index (κ3) is 2.32. The second kappa shape index (κ2) is 5.75. The Morgan fingerprint density at radius 3 is 2.52 bits per heavy atom. The Labute approximate surface area is 138 Å². The van der Waals surface area contributed by atoms with E-state index in [4.69, 9.17) is 5.73 Å². The molecule has 0 bridgehead atoms. The summed E-state index contributed by atoms with van der Waals surface area (Å²) in [7, 11) is 0. The maximum atomic E-state index is 12.7. The van der Waals surface area contributed by atoms with E-state index in [1.807, 2.05) is 0 Å². The highest BCUT2D eigenvalue weighted by Crippen LogP contribution is 2.35. The quantitative estimate of drug-likeness (QED) is 0.757. The van der Waals surface area contributed by atoms with Crippen molar-refractivity contribution in [1.29, 1.82) is 0 Å². The van der Waals surface area contributed by atoms with Crippen LogP contribution in [0.4, 0.5) is 0 Å². The first kappa shape index (κ1) is 17.1. The molecule has 0 saturated carbocycles. The fourth-order valence-electron chi connectivity index (χ4n) is 2.98. The van der Waals surface area contributed by atoms with Gasteiger partial charge in [0.15, 0.2) is 0 Å². The smallest absolute Gasteiger partial charge is 0.262 e. The van der Waals surface area contributed by atoms with Gasteiger partial charge in [0.25, 0.3) is 17.7 Å². The van der Waals surface area contributed by atoms with Crippen LogP contribution >= 0.6 is 12.4 Å². The van der Waals surface area contributed by atoms with Gasteiger partial charge in [0.2, 0.25) is 5.91 Å². The van der Waals surface area contributed by atoms with Crippen LogP contribution < -0.4 is 11.1 Å². The van der Waals surface area contributed by atoms with Crippen LogP contribution in [0.5, 0.6) is 0 Å². The van der Waals surface area contributed by atoms with E-state index in [9.17, 15) is 19.2 Å². The van der Waals surface area contributed by atoms with E-state index in [2.05, 4.69) is 5.32 Å². The summed E-state index contributed by atoms with van der Waals surface area (Å²) in [6.45, 7) is 1.62. The molecule has 2 heterocycles. The number of piperidine rings is 1. The van der Waals surface area contributed by atoms with Gasteiger partial charge in [-0.3, -0.25) is 29.4 Å². The molecule has 1 unspecified atom stereocenters. The lowest BCUT2D eigenvalue weighted by Crippen LogP contribution is -2.62. The minimum Gasteiger partial charge on any atom is -0.326 e. The summed E-state index contributed by atoms with van der Waals surface area (Å²) in [5.41, 5.74) is 5.32. The van der Waals surface area contributed by atoms with E-state index in [0.717, 1.165) is 4.90 Å². The zero-order chi connectivity index (χ0) is 16.1. The molecular weight excluding hydrogens is 322 g/mol. The predicted molar refractivity (Wildman–Crippen MR) is 82.9 cm³/mol. The predicted octanol–water partition coefficient (Wildman–Crippen LogP) is 0.358. The number of rotatable bonds is 2. The zero-order valence-electron chi connectivity index (χ0n) is 12.4. The summed E-state index contributed by atoms with van der Waals surface area (Å²) in [6, 6.07) is 4.88. The highest BCUT2D eigenvalue weighted by Gasteiger charge is 2.52. The van der Waals surface area contributed by atoms with Gasteiger partial charge >= 0.3 is 0 Å². The van der Waals surface area contributed by atoms with Crippen LogP contribution in [-0.4, -0.2) is 34.1 Å². The van der Waals surface area contributed by atoms with E-state index in [-0.39, 0.29) is 42.9 Å². The molecular formula is C15H16ClN3O4. The summed E-state index contributed by atoms with van der Waals surface area (Å²) >= 11 is 0. The number of carbonyl (C=O) groups is 4. The molecule has 3 N–H and O–H groups in total. The lowest BCUT2D eigenvalue weighted by molar-refractivity contribution is -0.140. The number of hydrogen-bond acceptors (Lipinski definition) is 5. The van der Waals surface area contributed by atoms with E-state index in [1.165, 1.54) is 6.92 Å². The van der Waals surface area contributed by atoms with Crippen LogP contribution in [0.25, 0.3) is 0 Å². The molecule has 2 aliphatic heterocycles. The van der Waals surface area contributed by atoms with Gasteiger partial charge in [-0.25, -0.2) is 0 Å². The average molecular weight is 338 g/mol. The molecule has 1 atom stereocenters. The SMILES string of the molecule is CC1(N2C(=O)c3cccc(CN)c3C2=O)CCC(=O)NC1=O.Cl. The molecule has 0 aromatic heterocycles. The molecule has 0 aliphatic carbocycles. The van der Waals surface area contributed by atoms with Gasteiger partial charge in [-0.1, -0.05) is 12.1 Å². The van der Waals surface area contributed by atoms with E-state index >= 15 is 0 Å². The van der Waals surface area contributed by atoms with Crippen LogP contribution in [0.2, 0.25) is 0 Å². The van der Waals surface area contributed by atoms with E-state index < -0.39 is 29.2 Å². The number of hydrogen-bond donors (Lipinski definition) is 2. The van der Waals surface area contributed by atoms with Gasteiger partial charge in [0.05, 0.1) is 11.1 Å². The topological polar surface area (TPSA) is 110 Å². The first-order chi connectivity index (χ1) is 10.4. The second-order valence-electron chi connectivity index (χ2n) is 5.64. The number of benzene rings is 1. The number of nitrogens with two attached hydrogens (primary N) is 1. The fraction of sp³-hybridized carbons (Fsp3) is 0.333. The number of carbonyl (C=O) groups excluding carboxylic acids is 4. The Bertz CT molecular complexity index is 733. The van der Waals surface area contributed by atoms with Crippen LogP contribution in [0.1, 0.15) is 46.0 Å². The molecule has 3 rings (SSSR count). The summed E-state index contributed by atoms with van der Waals surface area (Å²) < 4.78 is 0. The molecule has 0 radical (unpaired) electrons. The highest BCUT2D eigenvalue weighted by molar-refractivity contribution is 6.24. The normalized spacial score (nSPS) is 23.5. The molecule has 8 heteroatoms. The van der Waals surface area contributed by atoms with Crippen molar-refractivity contribution >= 4 is 36.0 Å². The van der Waals surface area contributed by atoms with Crippen molar-refractivity contribution in [3.63, 3.8) is 0 Å². The van der Waals surface area contributed by atoms with E-state index in [0.29, 0.717) is 5.56 Å².